The number of rotatable bonds is 7. The van der Waals surface area contributed by atoms with Gasteiger partial charge in [-0.3, -0.25) is 9.20 Å². The third kappa shape index (κ3) is 6.34. The van der Waals surface area contributed by atoms with E-state index in [4.69, 9.17) is 0 Å². The van der Waals surface area contributed by atoms with Gasteiger partial charge in [0.1, 0.15) is 12.4 Å². The summed E-state index contributed by atoms with van der Waals surface area (Å²) in [5.41, 5.74) is 0.606. The van der Waals surface area contributed by atoms with Crippen LogP contribution in [0.4, 0.5) is 0 Å². The average Bonchev–Trinajstić information content (AvgIpc) is 2.98. The first kappa shape index (κ1) is 19.7. The summed E-state index contributed by atoms with van der Waals surface area (Å²) >= 11 is 0. The van der Waals surface area contributed by atoms with Gasteiger partial charge in [0, 0.05) is 31.2 Å². The van der Waals surface area contributed by atoms with Crippen molar-refractivity contribution in [1.29, 1.82) is 0 Å². The van der Waals surface area contributed by atoms with Gasteiger partial charge in [-0.1, -0.05) is 6.07 Å². The van der Waals surface area contributed by atoms with Crippen LogP contribution in [0.25, 0.3) is 5.65 Å². The molecule has 0 aliphatic rings. The van der Waals surface area contributed by atoms with Crippen LogP contribution in [0.3, 0.4) is 0 Å². The van der Waals surface area contributed by atoms with Crippen molar-refractivity contribution in [2.45, 2.75) is 46.1 Å². The van der Waals surface area contributed by atoms with Crippen LogP contribution in [0, 0.1) is 0 Å². The lowest BCUT2D eigenvalue weighted by molar-refractivity contribution is -0.121. The highest BCUT2D eigenvalue weighted by Crippen LogP contribution is 2.04. The smallest absolute Gasteiger partial charge is 0.242 e. The molecule has 0 fully saturated rings. The molecule has 2 heterocycles. The maximum Gasteiger partial charge on any atom is 0.242 e. The Morgan fingerprint density at radius 2 is 2.04 bits per heavy atom. The zero-order chi connectivity index (χ0) is 19.0. The molecule has 2 aromatic heterocycles. The second-order valence-corrected chi connectivity index (χ2v) is 7.07. The van der Waals surface area contributed by atoms with Crippen LogP contribution in [0.2, 0.25) is 0 Å². The van der Waals surface area contributed by atoms with Crippen LogP contribution in [0.5, 0.6) is 0 Å². The average molecular weight is 359 g/mol. The fourth-order valence-electron chi connectivity index (χ4n) is 2.47. The van der Waals surface area contributed by atoms with Gasteiger partial charge in [0.2, 0.25) is 5.91 Å². The summed E-state index contributed by atoms with van der Waals surface area (Å²) in [7, 11) is 0. The minimum absolute atomic E-state index is 0.0929. The summed E-state index contributed by atoms with van der Waals surface area (Å²) in [6.45, 7) is 9.41. The largest absolute Gasteiger partial charge is 0.357 e. The zero-order valence-electron chi connectivity index (χ0n) is 16.0. The molecule has 0 spiro atoms. The van der Waals surface area contributed by atoms with Crippen molar-refractivity contribution in [3.8, 4) is 0 Å². The van der Waals surface area contributed by atoms with Gasteiger partial charge in [0.05, 0.1) is 0 Å². The van der Waals surface area contributed by atoms with Crippen molar-refractivity contribution in [1.82, 2.24) is 30.5 Å². The number of aryl methyl sites for hydroxylation is 1. The number of hydrogen-bond acceptors (Lipinski definition) is 4. The van der Waals surface area contributed by atoms with Crippen molar-refractivity contribution in [2.24, 2.45) is 4.99 Å². The van der Waals surface area contributed by atoms with E-state index in [9.17, 15) is 4.79 Å². The van der Waals surface area contributed by atoms with E-state index in [0.29, 0.717) is 5.96 Å². The predicted octanol–water partition coefficient (Wildman–Crippen LogP) is 1.13. The Bertz CT molecular complexity index is 745. The van der Waals surface area contributed by atoms with Crippen molar-refractivity contribution >= 4 is 17.5 Å². The second-order valence-electron chi connectivity index (χ2n) is 7.07. The van der Waals surface area contributed by atoms with Gasteiger partial charge in [-0.15, -0.1) is 10.2 Å². The van der Waals surface area contributed by atoms with Crippen LogP contribution >= 0.6 is 0 Å². The number of carbonyl (C=O) groups excluding carboxylic acids is 1. The van der Waals surface area contributed by atoms with E-state index in [1.807, 2.05) is 56.5 Å². The minimum Gasteiger partial charge on any atom is -0.357 e. The molecule has 142 valence electrons. The fourth-order valence-corrected chi connectivity index (χ4v) is 2.47. The summed E-state index contributed by atoms with van der Waals surface area (Å²) in [6.07, 6.45) is 3.66. The number of aromatic nitrogens is 3. The summed E-state index contributed by atoms with van der Waals surface area (Å²) in [5.74, 6) is 1.49. The standard InChI is InChI=1S/C18H29N7O/c1-5-19-17(21-13-16(26)22-18(2,3)4)20-11-8-10-15-24-23-14-9-6-7-12-25(14)15/h6-7,9,12H,5,8,10-11,13H2,1-4H3,(H,22,26)(H2,19,20,21). The second kappa shape index (κ2) is 9.17. The van der Waals surface area contributed by atoms with Crippen molar-refractivity contribution in [3.63, 3.8) is 0 Å². The number of carbonyl (C=O) groups is 1. The molecule has 3 N–H and O–H groups in total. The van der Waals surface area contributed by atoms with E-state index in [0.717, 1.165) is 37.4 Å². The molecule has 0 bridgehead atoms. The first-order valence-corrected chi connectivity index (χ1v) is 9.01. The number of fused-ring (bicyclic) bond motifs is 1. The highest BCUT2D eigenvalue weighted by atomic mass is 16.2. The zero-order valence-corrected chi connectivity index (χ0v) is 16.0. The molecule has 8 heteroatoms. The Hall–Kier alpha value is -2.64. The first-order chi connectivity index (χ1) is 12.4. The van der Waals surface area contributed by atoms with E-state index < -0.39 is 0 Å². The van der Waals surface area contributed by atoms with Crippen LogP contribution in [0.1, 0.15) is 39.9 Å². The molecule has 2 rings (SSSR count). The molecular weight excluding hydrogens is 330 g/mol. The van der Waals surface area contributed by atoms with Crippen LogP contribution in [0.15, 0.2) is 29.4 Å². The van der Waals surface area contributed by atoms with Gasteiger partial charge in [-0.25, -0.2) is 4.99 Å². The molecule has 0 aliphatic carbocycles. The lowest BCUT2D eigenvalue weighted by atomic mass is 10.1. The van der Waals surface area contributed by atoms with Gasteiger partial charge < -0.3 is 16.0 Å². The van der Waals surface area contributed by atoms with Gasteiger partial charge in [0.25, 0.3) is 0 Å². The number of nitrogens with one attached hydrogen (secondary N) is 3. The molecule has 0 atom stereocenters. The number of pyridine rings is 1. The lowest BCUT2D eigenvalue weighted by Gasteiger charge is -2.20. The van der Waals surface area contributed by atoms with Crippen LogP contribution in [-0.4, -0.2) is 51.6 Å². The van der Waals surface area contributed by atoms with E-state index in [-0.39, 0.29) is 18.0 Å². The van der Waals surface area contributed by atoms with Crippen LogP contribution < -0.4 is 16.0 Å². The molecule has 1 amide bonds. The highest BCUT2D eigenvalue weighted by molar-refractivity contribution is 5.85. The Morgan fingerprint density at radius 1 is 1.23 bits per heavy atom. The van der Waals surface area contributed by atoms with Crippen molar-refractivity contribution < 1.29 is 4.79 Å². The summed E-state index contributed by atoms with van der Waals surface area (Å²) in [6, 6.07) is 5.86. The Balaban J connectivity index is 1.80. The Morgan fingerprint density at radius 3 is 2.77 bits per heavy atom. The number of hydrogen-bond donors (Lipinski definition) is 3. The SMILES string of the molecule is CCNC(=NCC(=O)NC(C)(C)C)NCCCc1nnc2ccccn12. The molecule has 0 aromatic carbocycles. The Labute approximate surface area is 154 Å². The van der Waals surface area contributed by atoms with Gasteiger partial charge in [-0.05, 0) is 46.2 Å². The fraction of sp³-hybridized carbons (Fsp3) is 0.556. The molecule has 0 saturated heterocycles. The molecule has 0 radical (unpaired) electrons. The monoisotopic (exact) mass is 359 g/mol. The maximum atomic E-state index is 11.9. The lowest BCUT2D eigenvalue weighted by Crippen LogP contribution is -2.43. The molecule has 0 saturated carbocycles. The molecule has 0 unspecified atom stereocenters. The summed E-state index contributed by atoms with van der Waals surface area (Å²) in [5, 5.41) is 17.7. The van der Waals surface area contributed by atoms with E-state index in [1.54, 1.807) is 0 Å². The molecule has 0 aliphatic heterocycles. The van der Waals surface area contributed by atoms with Gasteiger partial charge in [0.15, 0.2) is 11.6 Å². The topological polar surface area (TPSA) is 95.7 Å². The van der Waals surface area contributed by atoms with E-state index >= 15 is 0 Å². The van der Waals surface area contributed by atoms with Crippen molar-refractivity contribution in [2.75, 3.05) is 19.6 Å². The quantitative estimate of drug-likeness (QED) is 0.391. The predicted molar refractivity (Wildman–Crippen MR) is 103 cm³/mol. The summed E-state index contributed by atoms with van der Waals surface area (Å²) in [4.78, 5) is 16.2. The molecular formula is C18H29N7O. The molecule has 8 nitrogen and oxygen atoms in total. The Kier molecular flexibility index (Phi) is 6.94. The highest BCUT2D eigenvalue weighted by Gasteiger charge is 2.13. The number of nitrogens with zero attached hydrogens (tertiary/aromatic N) is 4. The first-order valence-electron chi connectivity index (χ1n) is 9.01. The van der Waals surface area contributed by atoms with Crippen molar-refractivity contribution in [3.05, 3.63) is 30.2 Å². The van der Waals surface area contributed by atoms with E-state index in [2.05, 4.69) is 31.1 Å². The number of amides is 1. The summed E-state index contributed by atoms with van der Waals surface area (Å²) < 4.78 is 2.00. The number of guanidine groups is 1. The minimum atomic E-state index is -0.251. The third-order valence-electron chi connectivity index (χ3n) is 3.49. The van der Waals surface area contributed by atoms with Gasteiger partial charge >= 0.3 is 0 Å². The third-order valence-corrected chi connectivity index (χ3v) is 3.49. The normalized spacial score (nSPS) is 12.2. The molecule has 26 heavy (non-hydrogen) atoms. The maximum absolute atomic E-state index is 11.9. The molecule has 2 aromatic rings. The van der Waals surface area contributed by atoms with Gasteiger partial charge in [-0.2, -0.15) is 0 Å². The number of aliphatic imine (C=N–C) groups is 1. The van der Waals surface area contributed by atoms with E-state index in [1.165, 1.54) is 0 Å². The van der Waals surface area contributed by atoms with Crippen LogP contribution in [-0.2, 0) is 11.2 Å².